The number of fused-ring (bicyclic) bond motifs is 1. The highest BCUT2D eigenvalue weighted by atomic mass is 35.5. The molecule has 0 fully saturated rings. The SMILES string of the molecule is Cc1nn(-c2ccc(F)cc2)c2c1C(C(=O)c1ccc(Cl)cc1)CC(=O)N2. The lowest BCUT2D eigenvalue weighted by atomic mass is 9.85. The summed E-state index contributed by atoms with van der Waals surface area (Å²) in [6.07, 6.45) is 0.0460. The Labute approximate surface area is 159 Å². The zero-order chi connectivity index (χ0) is 19.1. The van der Waals surface area contributed by atoms with Crippen molar-refractivity contribution in [2.75, 3.05) is 5.32 Å². The summed E-state index contributed by atoms with van der Waals surface area (Å²) >= 11 is 5.90. The second-order valence-electron chi connectivity index (χ2n) is 6.41. The number of anilines is 1. The van der Waals surface area contributed by atoms with Crippen LogP contribution in [0.1, 0.15) is 34.0 Å². The second kappa shape index (κ2) is 6.63. The van der Waals surface area contributed by atoms with E-state index < -0.39 is 5.92 Å². The molecule has 3 aromatic rings. The Bertz CT molecular complexity index is 1040. The van der Waals surface area contributed by atoms with Crippen molar-refractivity contribution < 1.29 is 14.0 Å². The fourth-order valence-corrected chi connectivity index (χ4v) is 3.48. The number of aromatic nitrogens is 2. The van der Waals surface area contributed by atoms with Crippen LogP contribution in [0.4, 0.5) is 10.2 Å². The van der Waals surface area contributed by atoms with Crippen molar-refractivity contribution in [1.82, 2.24) is 9.78 Å². The minimum Gasteiger partial charge on any atom is -0.310 e. The van der Waals surface area contributed by atoms with E-state index in [-0.39, 0.29) is 23.9 Å². The number of carbonyl (C=O) groups excluding carboxylic acids is 2. The predicted octanol–water partition coefficient (Wildman–Crippen LogP) is 4.28. The number of benzene rings is 2. The van der Waals surface area contributed by atoms with Gasteiger partial charge in [0.25, 0.3) is 0 Å². The molecule has 0 bridgehead atoms. The summed E-state index contributed by atoms with van der Waals surface area (Å²) in [6, 6.07) is 12.4. The van der Waals surface area contributed by atoms with E-state index in [1.165, 1.54) is 16.8 Å². The van der Waals surface area contributed by atoms with Crippen molar-refractivity contribution >= 4 is 29.1 Å². The lowest BCUT2D eigenvalue weighted by Crippen LogP contribution is -2.28. The number of nitrogens with one attached hydrogen (secondary N) is 1. The molecule has 0 saturated heterocycles. The molecule has 136 valence electrons. The van der Waals surface area contributed by atoms with Gasteiger partial charge >= 0.3 is 0 Å². The Kier molecular flexibility index (Phi) is 4.28. The van der Waals surface area contributed by atoms with Gasteiger partial charge in [0.15, 0.2) is 5.78 Å². The minimum atomic E-state index is -0.635. The number of aryl methyl sites for hydroxylation is 1. The molecule has 1 aliphatic heterocycles. The van der Waals surface area contributed by atoms with Gasteiger partial charge in [0.2, 0.25) is 5.91 Å². The molecule has 0 saturated carbocycles. The Morgan fingerprint density at radius 2 is 1.85 bits per heavy atom. The maximum Gasteiger partial charge on any atom is 0.226 e. The van der Waals surface area contributed by atoms with Gasteiger partial charge in [0, 0.05) is 22.6 Å². The number of amides is 1. The van der Waals surface area contributed by atoms with Crippen LogP contribution in [0.3, 0.4) is 0 Å². The van der Waals surface area contributed by atoms with Gasteiger partial charge in [0.05, 0.1) is 17.3 Å². The first-order valence-corrected chi connectivity index (χ1v) is 8.77. The number of rotatable bonds is 3. The summed E-state index contributed by atoms with van der Waals surface area (Å²) in [4.78, 5) is 25.3. The molecular formula is C20H15ClFN3O2. The zero-order valence-corrected chi connectivity index (χ0v) is 15.1. The van der Waals surface area contributed by atoms with Gasteiger partial charge in [-0.05, 0) is 55.5 Å². The van der Waals surface area contributed by atoms with E-state index in [9.17, 15) is 14.0 Å². The van der Waals surface area contributed by atoms with Gasteiger partial charge in [-0.2, -0.15) is 5.10 Å². The monoisotopic (exact) mass is 383 g/mol. The summed E-state index contributed by atoms with van der Waals surface area (Å²) in [5, 5.41) is 7.81. The third kappa shape index (κ3) is 3.13. The van der Waals surface area contributed by atoms with Gasteiger partial charge in [-0.1, -0.05) is 11.6 Å². The second-order valence-corrected chi connectivity index (χ2v) is 6.85. The minimum absolute atomic E-state index is 0.0460. The lowest BCUT2D eigenvalue weighted by Gasteiger charge is -2.23. The lowest BCUT2D eigenvalue weighted by molar-refractivity contribution is -0.116. The topological polar surface area (TPSA) is 64.0 Å². The standard InChI is InChI=1S/C20H15ClFN3O2/c1-11-18-16(19(27)12-2-4-13(21)5-3-12)10-17(26)23-20(18)25(24-11)15-8-6-14(22)7-9-15/h2-9,16H,10H2,1H3,(H,23,26). The van der Waals surface area contributed by atoms with Crippen LogP contribution in [-0.2, 0) is 4.79 Å². The molecule has 27 heavy (non-hydrogen) atoms. The third-order valence-corrected chi connectivity index (χ3v) is 4.87. The van der Waals surface area contributed by atoms with Gasteiger partial charge in [-0.3, -0.25) is 9.59 Å². The predicted molar refractivity (Wildman–Crippen MR) is 100 cm³/mol. The fourth-order valence-electron chi connectivity index (χ4n) is 3.36. The van der Waals surface area contributed by atoms with Crippen molar-refractivity contribution in [1.29, 1.82) is 0 Å². The maximum atomic E-state index is 13.2. The molecule has 5 nitrogen and oxygen atoms in total. The Morgan fingerprint density at radius 3 is 2.52 bits per heavy atom. The van der Waals surface area contributed by atoms with E-state index in [1.54, 1.807) is 43.3 Å². The smallest absolute Gasteiger partial charge is 0.226 e. The van der Waals surface area contributed by atoms with Crippen molar-refractivity contribution in [3.63, 3.8) is 0 Å². The van der Waals surface area contributed by atoms with Crippen LogP contribution in [0.2, 0.25) is 5.02 Å². The molecule has 1 atom stereocenters. The van der Waals surface area contributed by atoms with Crippen LogP contribution in [0, 0.1) is 12.7 Å². The normalized spacial score (nSPS) is 16.0. The van der Waals surface area contributed by atoms with E-state index in [0.717, 1.165) is 0 Å². The quantitative estimate of drug-likeness (QED) is 0.686. The van der Waals surface area contributed by atoms with E-state index >= 15 is 0 Å². The number of Topliss-reactive ketones (excluding diaryl/α,β-unsaturated/α-hetero) is 1. The van der Waals surface area contributed by atoms with Gasteiger partial charge < -0.3 is 5.32 Å². The molecular weight excluding hydrogens is 369 g/mol. The molecule has 1 N–H and O–H groups in total. The average molecular weight is 384 g/mol. The number of hydrogen-bond acceptors (Lipinski definition) is 3. The molecule has 7 heteroatoms. The first kappa shape index (κ1) is 17.4. The van der Waals surface area contributed by atoms with Crippen molar-refractivity contribution in [2.24, 2.45) is 0 Å². The Hall–Kier alpha value is -2.99. The highest BCUT2D eigenvalue weighted by molar-refractivity contribution is 6.30. The Morgan fingerprint density at radius 1 is 1.19 bits per heavy atom. The van der Waals surface area contributed by atoms with Crippen molar-refractivity contribution in [3.8, 4) is 5.69 Å². The zero-order valence-electron chi connectivity index (χ0n) is 14.4. The molecule has 1 aromatic heterocycles. The summed E-state index contributed by atoms with van der Waals surface area (Å²) in [6.45, 7) is 1.79. The van der Waals surface area contributed by atoms with Crippen LogP contribution >= 0.6 is 11.6 Å². The molecule has 0 aliphatic carbocycles. The first-order valence-electron chi connectivity index (χ1n) is 8.39. The molecule has 0 spiro atoms. The van der Waals surface area contributed by atoms with Gasteiger partial charge in [-0.25, -0.2) is 9.07 Å². The highest BCUT2D eigenvalue weighted by Crippen LogP contribution is 2.38. The molecule has 2 aromatic carbocycles. The van der Waals surface area contributed by atoms with Gasteiger partial charge in [-0.15, -0.1) is 0 Å². The van der Waals surface area contributed by atoms with Crippen LogP contribution in [0.5, 0.6) is 0 Å². The number of ketones is 1. The molecule has 1 amide bonds. The number of nitrogens with zero attached hydrogens (tertiary/aromatic N) is 2. The fraction of sp³-hybridized carbons (Fsp3) is 0.150. The summed E-state index contributed by atoms with van der Waals surface area (Å²) in [5.41, 5.74) is 2.40. The third-order valence-electron chi connectivity index (χ3n) is 4.62. The number of halogens is 2. The summed E-state index contributed by atoms with van der Waals surface area (Å²) in [7, 11) is 0. The molecule has 0 radical (unpaired) electrons. The molecule has 2 heterocycles. The van der Waals surface area contributed by atoms with Gasteiger partial charge in [0.1, 0.15) is 11.6 Å². The first-order chi connectivity index (χ1) is 12.9. The molecule has 4 rings (SSSR count). The van der Waals surface area contributed by atoms with Crippen LogP contribution < -0.4 is 5.32 Å². The largest absolute Gasteiger partial charge is 0.310 e. The van der Waals surface area contributed by atoms with Crippen LogP contribution in [0.15, 0.2) is 48.5 Å². The van der Waals surface area contributed by atoms with E-state index in [1.807, 2.05) is 0 Å². The Balaban J connectivity index is 1.80. The summed E-state index contributed by atoms with van der Waals surface area (Å²) in [5.74, 6) is -0.981. The maximum absolute atomic E-state index is 13.2. The van der Waals surface area contributed by atoms with E-state index in [0.29, 0.717) is 33.3 Å². The molecule has 1 unspecified atom stereocenters. The number of carbonyl (C=O) groups is 2. The van der Waals surface area contributed by atoms with Crippen molar-refractivity contribution in [2.45, 2.75) is 19.3 Å². The summed E-state index contributed by atoms with van der Waals surface area (Å²) < 4.78 is 14.8. The van der Waals surface area contributed by atoms with Crippen LogP contribution in [-0.4, -0.2) is 21.5 Å². The number of hydrogen-bond donors (Lipinski definition) is 1. The average Bonchev–Trinajstić information content (AvgIpc) is 2.98. The van der Waals surface area contributed by atoms with E-state index in [2.05, 4.69) is 10.4 Å². The highest BCUT2D eigenvalue weighted by Gasteiger charge is 2.36. The van der Waals surface area contributed by atoms with Crippen molar-refractivity contribution in [3.05, 3.63) is 76.2 Å². The van der Waals surface area contributed by atoms with Crippen LogP contribution in [0.25, 0.3) is 5.69 Å². The van der Waals surface area contributed by atoms with E-state index in [4.69, 9.17) is 11.6 Å². The molecule has 1 aliphatic rings.